The summed E-state index contributed by atoms with van der Waals surface area (Å²) >= 11 is 0. The minimum absolute atomic E-state index is 0.200. The van der Waals surface area contributed by atoms with Crippen molar-refractivity contribution in [2.45, 2.75) is 26.4 Å². The molecule has 1 aliphatic rings. The second-order valence-electron chi connectivity index (χ2n) is 6.74. The van der Waals surface area contributed by atoms with Gasteiger partial charge in [0.05, 0.1) is 13.1 Å². The van der Waals surface area contributed by atoms with Crippen molar-refractivity contribution in [3.05, 3.63) is 71.8 Å². The summed E-state index contributed by atoms with van der Waals surface area (Å²) in [6.45, 7) is 2.21. The van der Waals surface area contributed by atoms with Gasteiger partial charge in [-0.25, -0.2) is 14.8 Å². The number of carbonyl (C=O) groups excluding carboxylic acids is 1. The molecular weight excluding hydrogens is 399 g/mol. The summed E-state index contributed by atoms with van der Waals surface area (Å²) in [6.07, 6.45) is -2.04. The molecule has 1 aliphatic heterocycles. The zero-order chi connectivity index (χ0) is 21.3. The number of fused-ring (bicyclic) bond motifs is 1. The highest BCUT2D eigenvalue weighted by Gasteiger charge is 2.31. The van der Waals surface area contributed by atoms with E-state index >= 15 is 0 Å². The molecule has 0 unspecified atom stereocenters. The first-order valence-corrected chi connectivity index (χ1v) is 9.01. The van der Waals surface area contributed by atoms with Crippen LogP contribution in [0, 0.1) is 6.92 Å². The van der Waals surface area contributed by atoms with Crippen molar-refractivity contribution in [1.82, 2.24) is 14.9 Å². The van der Waals surface area contributed by atoms with E-state index in [2.05, 4.69) is 14.7 Å². The van der Waals surface area contributed by atoms with Crippen LogP contribution in [-0.4, -0.2) is 27.3 Å². The Morgan fingerprint density at radius 2 is 1.90 bits per heavy atom. The SMILES string of the molecule is Cc1cc(OC(F)(F)F)ccc1-c1ccc2c(c1)CN(Cc1ncccn1)C(=O)O2. The number of aryl methyl sites for hydroxylation is 1. The number of hydrogen-bond acceptors (Lipinski definition) is 5. The lowest BCUT2D eigenvalue weighted by Gasteiger charge is -2.27. The summed E-state index contributed by atoms with van der Waals surface area (Å²) < 4.78 is 46.7. The third-order valence-corrected chi connectivity index (χ3v) is 4.57. The Balaban J connectivity index is 1.58. The standard InChI is InChI=1S/C21H16F3N3O3/c1-13-9-16(30-21(22,23)24)4-5-17(13)14-3-6-18-15(10-14)11-27(20(28)29-18)12-19-25-7-2-8-26-19/h2-10H,11-12H2,1H3. The maximum Gasteiger partial charge on any atom is 0.573 e. The van der Waals surface area contributed by atoms with E-state index in [1.165, 1.54) is 17.0 Å². The lowest BCUT2D eigenvalue weighted by Crippen LogP contribution is -2.36. The van der Waals surface area contributed by atoms with E-state index in [9.17, 15) is 18.0 Å². The molecule has 1 amide bonds. The van der Waals surface area contributed by atoms with Gasteiger partial charge >= 0.3 is 12.5 Å². The third kappa shape index (κ3) is 4.35. The number of rotatable bonds is 4. The van der Waals surface area contributed by atoms with Crippen molar-refractivity contribution < 1.29 is 27.4 Å². The van der Waals surface area contributed by atoms with Crippen LogP contribution in [0.1, 0.15) is 17.0 Å². The van der Waals surface area contributed by atoms with Crippen LogP contribution in [-0.2, 0) is 13.1 Å². The topological polar surface area (TPSA) is 64.5 Å². The molecule has 0 N–H and O–H groups in total. The van der Waals surface area contributed by atoms with Crippen LogP contribution in [0.4, 0.5) is 18.0 Å². The number of amides is 1. The number of alkyl halides is 3. The molecule has 4 rings (SSSR count). The van der Waals surface area contributed by atoms with E-state index in [1.807, 2.05) is 6.07 Å². The van der Waals surface area contributed by atoms with E-state index in [-0.39, 0.29) is 12.3 Å². The van der Waals surface area contributed by atoms with Crippen LogP contribution in [0.15, 0.2) is 54.9 Å². The molecule has 0 spiro atoms. The fourth-order valence-electron chi connectivity index (χ4n) is 3.26. The number of halogens is 3. The van der Waals surface area contributed by atoms with Gasteiger partial charge in [0.1, 0.15) is 17.3 Å². The van der Waals surface area contributed by atoms with E-state index in [0.29, 0.717) is 23.7 Å². The van der Waals surface area contributed by atoms with E-state index < -0.39 is 12.5 Å². The van der Waals surface area contributed by atoms with Crippen molar-refractivity contribution >= 4 is 6.09 Å². The average Bonchev–Trinajstić information content (AvgIpc) is 2.68. The Labute approximate surface area is 169 Å². The number of aromatic nitrogens is 2. The number of ether oxygens (including phenoxy) is 2. The average molecular weight is 415 g/mol. The molecule has 9 heteroatoms. The molecule has 154 valence electrons. The fourth-order valence-corrected chi connectivity index (χ4v) is 3.26. The fraction of sp³-hybridized carbons (Fsp3) is 0.190. The molecule has 2 heterocycles. The van der Waals surface area contributed by atoms with Gasteiger partial charge in [-0.15, -0.1) is 13.2 Å². The van der Waals surface area contributed by atoms with Crippen LogP contribution in [0.5, 0.6) is 11.5 Å². The highest BCUT2D eigenvalue weighted by atomic mass is 19.4. The minimum Gasteiger partial charge on any atom is -0.410 e. The van der Waals surface area contributed by atoms with Gasteiger partial charge in [0.25, 0.3) is 0 Å². The molecule has 0 aliphatic carbocycles. The van der Waals surface area contributed by atoms with Gasteiger partial charge in [-0.2, -0.15) is 0 Å². The molecule has 0 fully saturated rings. The van der Waals surface area contributed by atoms with Crippen LogP contribution < -0.4 is 9.47 Å². The van der Waals surface area contributed by atoms with Crippen molar-refractivity contribution in [3.63, 3.8) is 0 Å². The van der Waals surface area contributed by atoms with Crippen LogP contribution in [0.3, 0.4) is 0 Å². The second-order valence-corrected chi connectivity index (χ2v) is 6.74. The maximum absolute atomic E-state index is 12.4. The summed E-state index contributed by atoms with van der Waals surface area (Å²) in [5.74, 6) is 0.665. The van der Waals surface area contributed by atoms with Crippen LogP contribution >= 0.6 is 0 Å². The highest BCUT2D eigenvalue weighted by Crippen LogP contribution is 2.34. The van der Waals surface area contributed by atoms with Gasteiger partial charge < -0.3 is 9.47 Å². The van der Waals surface area contributed by atoms with E-state index in [0.717, 1.165) is 16.7 Å². The Morgan fingerprint density at radius 1 is 1.13 bits per heavy atom. The summed E-state index contributed by atoms with van der Waals surface area (Å²) in [5.41, 5.74) is 2.94. The molecule has 30 heavy (non-hydrogen) atoms. The summed E-state index contributed by atoms with van der Waals surface area (Å²) in [5, 5.41) is 0. The molecule has 6 nitrogen and oxygen atoms in total. The van der Waals surface area contributed by atoms with Gasteiger partial charge in [0.15, 0.2) is 0 Å². The van der Waals surface area contributed by atoms with Gasteiger partial charge in [0.2, 0.25) is 0 Å². The smallest absolute Gasteiger partial charge is 0.410 e. The van der Waals surface area contributed by atoms with Crippen molar-refractivity contribution in [3.8, 4) is 22.6 Å². The first kappa shape index (κ1) is 19.7. The minimum atomic E-state index is -4.74. The normalized spacial score (nSPS) is 13.6. The Bertz CT molecular complexity index is 1090. The molecule has 0 radical (unpaired) electrons. The van der Waals surface area contributed by atoms with Gasteiger partial charge in [0, 0.05) is 18.0 Å². The maximum atomic E-state index is 12.4. The summed E-state index contributed by atoms with van der Waals surface area (Å²) in [7, 11) is 0. The van der Waals surface area contributed by atoms with E-state index in [4.69, 9.17) is 4.74 Å². The van der Waals surface area contributed by atoms with Gasteiger partial charge in [-0.05, 0) is 53.9 Å². The third-order valence-electron chi connectivity index (χ3n) is 4.57. The zero-order valence-corrected chi connectivity index (χ0v) is 15.8. The van der Waals surface area contributed by atoms with Crippen LogP contribution in [0.25, 0.3) is 11.1 Å². The van der Waals surface area contributed by atoms with Crippen molar-refractivity contribution in [1.29, 1.82) is 0 Å². The molecule has 0 atom stereocenters. The van der Waals surface area contributed by atoms with Gasteiger partial charge in [-0.3, -0.25) is 4.90 Å². The first-order chi connectivity index (χ1) is 14.3. The number of benzene rings is 2. The first-order valence-electron chi connectivity index (χ1n) is 9.01. The Kier molecular flexibility index (Phi) is 5.03. The molecular formula is C21H16F3N3O3. The lowest BCUT2D eigenvalue weighted by atomic mass is 9.97. The molecule has 0 saturated heterocycles. The molecule has 3 aromatic rings. The number of hydrogen-bond donors (Lipinski definition) is 0. The largest absolute Gasteiger partial charge is 0.573 e. The molecule has 0 saturated carbocycles. The number of nitrogens with zero attached hydrogens (tertiary/aromatic N) is 3. The van der Waals surface area contributed by atoms with Crippen LogP contribution in [0.2, 0.25) is 0 Å². The number of carbonyl (C=O) groups is 1. The Morgan fingerprint density at radius 3 is 2.60 bits per heavy atom. The second kappa shape index (κ2) is 7.66. The van der Waals surface area contributed by atoms with Gasteiger partial charge in [-0.1, -0.05) is 12.1 Å². The predicted octanol–water partition coefficient (Wildman–Crippen LogP) is 4.87. The highest BCUT2D eigenvalue weighted by molar-refractivity contribution is 5.76. The molecule has 2 aromatic carbocycles. The van der Waals surface area contributed by atoms with Crippen molar-refractivity contribution in [2.75, 3.05) is 0 Å². The predicted molar refractivity (Wildman–Crippen MR) is 101 cm³/mol. The molecule has 0 bridgehead atoms. The van der Waals surface area contributed by atoms with Crippen molar-refractivity contribution in [2.24, 2.45) is 0 Å². The lowest BCUT2D eigenvalue weighted by molar-refractivity contribution is -0.274. The Hall–Kier alpha value is -3.62. The zero-order valence-electron chi connectivity index (χ0n) is 15.8. The summed E-state index contributed by atoms with van der Waals surface area (Å²) in [6, 6.07) is 11.2. The summed E-state index contributed by atoms with van der Waals surface area (Å²) in [4.78, 5) is 22.0. The quantitative estimate of drug-likeness (QED) is 0.609. The monoisotopic (exact) mass is 415 g/mol. The van der Waals surface area contributed by atoms with E-state index in [1.54, 1.807) is 43.6 Å². The molecule has 1 aromatic heterocycles.